The summed E-state index contributed by atoms with van der Waals surface area (Å²) in [6.07, 6.45) is -0.505. The van der Waals surface area contributed by atoms with Gasteiger partial charge < -0.3 is 19.7 Å². The number of esters is 1. The van der Waals surface area contributed by atoms with Gasteiger partial charge in [-0.3, -0.25) is 14.4 Å². The molecule has 2 amide bonds. The van der Waals surface area contributed by atoms with Gasteiger partial charge in [0.05, 0.1) is 12.5 Å². The van der Waals surface area contributed by atoms with Crippen molar-refractivity contribution in [3.8, 4) is 5.75 Å². The minimum atomic E-state index is -0.892. The molecule has 0 radical (unpaired) electrons. The van der Waals surface area contributed by atoms with Gasteiger partial charge in [-0.15, -0.1) is 0 Å². The minimum absolute atomic E-state index is 0.0260. The van der Waals surface area contributed by atoms with Crippen molar-refractivity contribution in [3.05, 3.63) is 29.8 Å². The van der Waals surface area contributed by atoms with Crippen LogP contribution in [0.2, 0.25) is 0 Å². The third-order valence-electron chi connectivity index (χ3n) is 5.26. The topological polar surface area (TPSA) is 84.9 Å². The van der Waals surface area contributed by atoms with Gasteiger partial charge in [0.15, 0.2) is 6.10 Å². The number of nitrogens with zero attached hydrogens (tertiary/aromatic N) is 1. The number of hydrogen-bond donors (Lipinski definition) is 1. The van der Waals surface area contributed by atoms with E-state index in [1.807, 2.05) is 31.2 Å². The fourth-order valence-corrected chi connectivity index (χ4v) is 3.22. The normalized spacial score (nSPS) is 18.9. The van der Waals surface area contributed by atoms with Gasteiger partial charge in [0.2, 0.25) is 5.91 Å². The van der Waals surface area contributed by atoms with Gasteiger partial charge in [-0.05, 0) is 43.4 Å². The molecule has 0 aliphatic carbocycles. The van der Waals surface area contributed by atoms with Crippen LogP contribution < -0.4 is 10.1 Å². The van der Waals surface area contributed by atoms with E-state index < -0.39 is 18.1 Å². The van der Waals surface area contributed by atoms with Gasteiger partial charge in [0, 0.05) is 13.1 Å². The molecular formula is C23H34N2O5. The lowest BCUT2D eigenvalue weighted by Crippen LogP contribution is -2.60. The second-order valence-corrected chi connectivity index (χ2v) is 8.79. The number of benzene rings is 1. The van der Waals surface area contributed by atoms with Crippen LogP contribution in [0, 0.1) is 0 Å². The Morgan fingerprint density at radius 3 is 2.40 bits per heavy atom. The number of nitrogens with one attached hydrogen (secondary N) is 1. The standard InChI is InChI=1S/C23H34N2O5/c1-7-15(2)29-20(26)14-19-21(27)24-12-13-25(19)22(28)16(3)30-18-10-8-17(9-11-18)23(4,5)6/h8-11,15-16,19H,7,12-14H2,1-6H3,(H,24,27). The summed E-state index contributed by atoms with van der Waals surface area (Å²) >= 11 is 0. The summed E-state index contributed by atoms with van der Waals surface area (Å²) in [5.74, 6) is -0.586. The molecule has 166 valence electrons. The number of ether oxygens (including phenoxy) is 2. The summed E-state index contributed by atoms with van der Waals surface area (Å²) in [6.45, 7) is 12.4. The maximum Gasteiger partial charge on any atom is 0.308 e. The van der Waals surface area contributed by atoms with Crippen molar-refractivity contribution in [2.75, 3.05) is 13.1 Å². The molecule has 1 aliphatic heterocycles. The first-order valence-corrected chi connectivity index (χ1v) is 10.6. The number of amides is 2. The lowest BCUT2D eigenvalue weighted by atomic mass is 9.87. The molecular weight excluding hydrogens is 384 g/mol. The molecule has 30 heavy (non-hydrogen) atoms. The van der Waals surface area contributed by atoms with Gasteiger partial charge in [-0.1, -0.05) is 39.8 Å². The van der Waals surface area contributed by atoms with Crippen LogP contribution in [-0.2, 0) is 24.5 Å². The fourth-order valence-electron chi connectivity index (χ4n) is 3.22. The minimum Gasteiger partial charge on any atom is -0.481 e. The van der Waals surface area contributed by atoms with Crippen molar-refractivity contribution < 1.29 is 23.9 Å². The molecule has 1 N–H and O–H groups in total. The molecule has 1 aromatic rings. The third-order valence-corrected chi connectivity index (χ3v) is 5.26. The molecule has 3 atom stereocenters. The Bertz CT molecular complexity index is 754. The molecule has 1 heterocycles. The van der Waals surface area contributed by atoms with Crippen LogP contribution in [-0.4, -0.2) is 54.0 Å². The Hall–Kier alpha value is -2.57. The highest BCUT2D eigenvalue weighted by molar-refractivity contribution is 5.93. The zero-order valence-corrected chi connectivity index (χ0v) is 18.9. The maximum absolute atomic E-state index is 13.0. The zero-order valence-electron chi connectivity index (χ0n) is 18.9. The van der Waals surface area contributed by atoms with Gasteiger partial charge in [0.1, 0.15) is 11.8 Å². The molecule has 1 aromatic carbocycles. The smallest absolute Gasteiger partial charge is 0.308 e. The SMILES string of the molecule is CCC(C)OC(=O)CC1C(=O)NCCN1C(=O)C(C)Oc1ccc(C(C)(C)C)cc1. The predicted molar refractivity (Wildman–Crippen MR) is 114 cm³/mol. The van der Waals surface area contributed by atoms with E-state index in [1.54, 1.807) is 13.8 Å². The van der Waals surface area contributed by atoms with Crippen molar-refractivity contribution in [2.24, 2.45) is 0 Å². The predicted octanol–water partition coefficient (Wildman–Crippen LogP) is 2.81. The Morgan fingerprint density at radius 1 is 1.20 bits per heavy atom. The van der Waals surface area contributed by atoms with Gasteiger partial charge in [-0.25, -0.2) is 0 Å². The van der Waals surface area contributed by atoms with E-state index >= 15 is 0 Å². The molecule has 7 nitrogen and oxygen atoms in total. The monoisotopic (exact) mass is 418 g/mol. The van der Waals surface area contributed by atoms with Crippen LogP contribution in [0.3, 0.4) is 0 Å². The summed E-state index contributed by atoms with van der Waals surface area (Å²) in [7, 11) is 0. The van der Waals surface area contributed by atoms with Crippen molar-refractivity contribution >= 4 is 17.8 Å². The average Bonchev–Trinajstić information content (AvgIpc) is 2.68. The highest BCUT2D eigenvalue weighted by Gasteiger charge is 2.37. The fraction of sp³-hybridized carbons (Fsp3) is 0.609. The van der Waals surface area contributed by atoms with Gasteiger partial charge in [-0.2, -0.15) is 0 Å². The third kappa shape index (κ3) is 6.21. The molecule has 0 saturated carbocycles. The Labute approximate surface area is 179 Å². The Morgan fingerprint density at radius 2 is 1.83 bits per heavy atom. The van der Waals surface area contributed by atoms with E-state index in [0.29, 0.717) is 25.3 Å². The van der Waals surface area contributed by atoms with E-state index in [4.69, 9.17) is 9.47 Å². The van der Waals surface area contributed by atoms with E-state index in [-0.39, 0.29) is 29.8 Å². The highest BCUT2D eigenvalue weighted by Crippen LogP contribution is 2.25. The van der Waals surface area contributed by atoms with Gasteiger partial charge >= 0.3 is 5.97 Å². The number of carbonyl (C=O) groups is 3. The lowest BCUT2D eigenvalue weighted by molar-refractivity contribution is -0.156. The summed E-state index contributed by atoms with van der Waals surface area (Å²) in [4.78, 5) is 39.0. The number of carbonyl (C=O) groups excluding carboxylic acids is 3. The van der Waals surface area contributed by atoms with E-state index in [1.165, 1.54) is 10.5 Å². The number of hydrogen-bond acceptors (Lipinski definition) is 5. The first-order chi connectivity index (χ1) is 14.0. The van der Waals surface area contributed by atoms with Gasteiger partial charge in [0.25, 0.3) is 5.91 Å². The molecule has 1 fully saturated rings. The molecule has 0 aromatic heterocycles. The quantitative estimate of drug-likeness (QED) is 0.689. The average molecular weight is 419 g/mol. The Balaban J connectivity index is 2.06. The van der Waals surface area contributed by atoms with Crippen molar-refractivity contribution in [1.82, 2.24) is 10.2 Å². The second-order valence-electron chi connectivity index (χ2n) is 8.79. The lowest BCUT2D eigenvalue weighted by Gasteiger charge is -2.36. The summed E-state index contributed by atoms with van der Waals surface area (Å²) in [5, 5.41) is 2.72. The van der Waals surface area contributed by atoms with Crippen molar-refractivity contribution in [2.45, 2.75) is 78.0 Å². The van der Waals surface area contributed by atoms with Crippen molar-refractivity contribution in [1.29, 1.82) is 0 Å². The number of rotatable bonds is 7. The highest BCUT2D eigenvalue weighted by atomic mass is 16.5. The van der Waals surface area contributed by atoms with Crippen LogP contribution in [0.15, 0.2) is 24.3 Å². The van der Waals surface area contributed by atoms with Crippen LogP contribution in [0.4, 0.5) is 0 Å². The van der Waals surface area contributed by atoms with Crippen LogP contribution >= 0.6 is 0 Å². The maximum atomic E-state index is 13.0. The molecule has 3 unspecified atom stereocenters. The molecule has 1 saturated heterocycles. The summed E-state index contributed by atoms with van der Waals surface area (Å²) < 4.78 is 11.1. The Kier molecular flexibility index (Phi) is 7.87. The zero-order chi connectivity index (χ0) is 22.5. The van der Waals surface area contributed by atoms with E-state index in [9.17, 15) is 14.4 Å². The summed E-state index contributed by atoms with van der Waals surface area (Å²) in [5.41, 5.74) is 1.19. The molecule has 1 aliphatic rings. The summed E-state index contributed by atoms with van der Waals surface area (Å²) in [6, 6.07) is 6.75. The van der Waals surface area contributed by atoms with Crippen LogP contribution in [0.25, 0.3) is 0 Å². The van der Waals surface area contributed by atoms with Crippen LogP contribution in [0.1, 0.15) is 59.9 Å². The molecule has 0 spiro atoms. The first-order valence-electron chi connectivity index (χ1n) is 10.6. The van der Waals surface area contributed by atoms with E-state index in [2.05, 4.69) is 26.1 Å². The van der Waals surface area contributed by atoms with E-state index in [0.717, 1.165) is 0 Å². The second kappa shape index (κ2) is 9.96. The first kappa shape index (κ1) is 23.7. The molecule has 7 heteroatoms. The molecule has 2 rings (SSSR count). The van der Waals surface area contributed by atoms with Crippen molar-refractivity contribution in [3.63, 3.8) is 0 Å². The van der Waals surface area contributed by atoms with Crippen LogP contribution in [0.5, 0.6) is 5.75 Å². The largest absolute Gasteiger partial charge is 0.481 e. The number of piperazine rings is 1. The molecule has 0 bridgehead atoms.